The summed E-state index contributed by atoms with van der Waals surface area (Å²) in [4.78, 5) is 0. The second-order valence-electron chi connectivity index (χ2n) is 0. The van der Waals surface area contributed by atoms with E-state index in [9.17, 15) is 0 Å². The summed E-state index contributed by atoms with van der Waals surface area (Å²) in [7, 11) is 0. The van der Waals surface area contributed by atoms with Crippen LogP contribution in [0.25, 0.3) is 0 Å². The third kappa shape index (κ3) is 17.9. The molecule has 0 aromatic carbocycles. The van der Waals surface area contributed by atoms with Gasteiger partial charge in [0.25, 0.3) is 0 Å². The normalized spacial score (nSPS) is 0. The third-order valence-corrected chi connectivity index (χ3v) is 0. The van der Waals surface area contributed by atoms with E-state index in [4.69, 9.17) is 0 Å². The largest absolute Gasteiger partial charge is 2.00 e. The molecule has 0 aliphatic heterocycles. The molecule has 0 saturated carbocycles. The number of hydrogen-bond donors (Lipinski definition) is 0. The van der Waals surface area contributed by atoms with E-state index in [-0.39, 0.29) is 132 Å². The summed E-state index contributed by atoms with van der Waals surface area (Å²) in [5.74, 6) is 0. The average molecular weight is 529 g/mol. The van der Waals surface area contributed by atoms with Gasteiger partial charge in [0.05, 0.1) is 0 Å². The van der Waals surface area contributed by atoms with Gasteiger partial charge in [-0.05, 0) is 0 Å². The van der Waals surface area contributed by atoms with Crippen molar-refractivity contribution in [3.8, 4) is 0 Å². The zero-order valence-electron chi connectivity index (χ0n) is 2.14. The fourth-order valence-corrected chi connectivity index (χ4v) is 0. The second kappa shape index (κ2) is 24.1. The first-order chi connectivity index (χ1) is 0. The van der Waals surface area contributed by atoms with Crippen LogP contribution in [0.4, 0.5) is 0 Å². The molecule has 0 unspecified atom stereocenters. The summed E-state index contributed by atoms with van der Waals surface area (Å²) in [6, 6.07) is 0. The molecule has 0 amide bonds. The van der Waals surface area contributed by atoms with Crippen LogP contribution in [0.15, 0.2) is 0 Å². The molecule has 0 aliphatic carbocycles. The SMILES string of the molecule is [Ag+].[Ca+2].[I-].[I-].[I-]. The van der Waals surface area contributed by atoms with Crippen LogP contribution in [-0.4, -0.2) is 37.7 Å². The summed E-state index contributed by atoms with van der Waals surface area (Å²) in [6.07, 6.45) is 0. The van der Waals surface area contributed by atoms with E-state index in [1.54, 1.807) is 0 Å². The number of rotatable bonds is 0. The Morgan fingerprint density at radius 1 is 0.600 bits per heavy atom. The second-order valence-corrected chi connectivity index (χ2v) is 0. The maximum atomic E-state index is 0. The molecule has 0 aromatic rings. The van der Waals surface area contributed by atoms with E-state index < -0.39 is 0 Å². The molecule has 0 fully saturated rings. The molecular weight excluding hydrogens is 529 g/mol. The molecule has 34 valence electrons. The van der Waals surface area contributed by atoms with Gasteiger partial charge in [0.15, 0.2) is 0 Å². The predicted molar refractivity (Wildman–Crippen MR) is 5.75 cm³/mol. The van der Waals surface area contributed by atoms with Crippen LogP contribution in [-0.2, 0) is 22.4 Å². The summed E-state index contributed by atoms with van der Waals surface area (Å²) < 4.78 is 0. The molecule has 0 rings (SSSR count). The molecule has 0 aliphatic rings. The van der Waals surface area contributed by atoms with Gasteiger partial charge in [-0.2, -0.15) is 0 Å². The monoisotopic (exact) mass is 528 g/mol. The van der Waals surface area contributed by atoms with Crippen molar-refractivity contribution in [1.82, 2.24) is 0 Å². The van der Waals surface area contributed by atoms with E-state index in [2.05, 4.69) is 0 Å². The van der Waals surface area contributed by atoms with Gasteiger partial charge in [-0.1, -0.05) is 0 Å². The molecule has 0 heterocycles. The standard InChI is InChI=1S/Ag.Ca.3HI/h;;3*1H/q+1;+2;;;/p-3. The van der Waals surface area contributed by atoms with Crippen LogP contribution >= 0.6 is 0 Å². The molecule has 0 radical (unpaired) electrons. The maximum absolute atomic E-state index is 0. The van der Waals surface area contributed by atoms with E-state index in [0.717, 1.165) is 0 Å². The van der Waals surface area contributed by atoms with Crippen molar-refractivity contribution < 1.29 is 94.3 Å². The van der Waals surface area contributed by atoms with Gasteiger partial charge in [0.1, 0.15) is 0 Å². The zero-order chi connectivity index (χ0) is 0. The van der Waals surface area contributed by atoms with Crippen molar-refractivity contribution in [3.05, 3.63) is 0 Å². The van der Waals surface area contributed by atoms with Crippen LogP contribution in [0.1, 0.15) is 0 Å². The summed E-state index contributed by atoms with van der Waals surface area (Å²) in [5.41, 5.74) is 0. The van der Waals surface area contributed by atoms with Crippen molar-refractivity contribution in [1.29, 1.82) is 0 Å². The fraction of sp³-hybridized carbons (Fsp3) is 0. The molecule has 0 nitrogen and oxygen atoms in total. The Labute approximate surface area is 129 Å². The Morgan fingerprint density at radius 3 is 0.600 bits per heavy atom. The van der Waals surface area contributed by atoms with Gasteiger partial charge in [-0.15, -0.1) is 0 Å². The quantitative estimate of drug-likeness (QED) is 0.217. The summed E-state index contributed by atoms with van der Waals surface area (Å²) in [5, 5.41) is 0. The van der Waals surface area contributed by atoms with Gasteiger partial charge in [0, 0.05) is 0 Å². The topological polar surface area (TPSA) is 0 Å². The first-order valence-electron chi connectivity index (χ1n) is 0. The Balaban J connectivity index is 0. The smallest absolute Gasteiger partial charge is 1.00 e. The summed E-state index contributed by atoms with van der Waals surface area (Å²) in [6.45, 7) is 0. The minimum absolute atomic E-state index is 0. The molecule has 0 N–H and O–H groups in total. The maximum Gasteiger partial charge on any atom is 2.00 e. The summed E-state index contributed by atoms with van der Waals surface area (Å²) >= 11 is 0. The molecule has 5 heavy (non-hydrogen) atoms. The molecule has 0 aromatic heterocycles. The van der Waals surface area contributed by atoms with E-state index >= 15 is 0 Å². The first-order valence-corrected chi connectivity index (χ1v) is 0. The Hall–Kier alpha value is 4.19. The van der Waals surface area contributed by atoms with Crippen LogP contribution in [0, 0.1) is 0 Å². The zero-order valence-corrected chi connectivity index (χ0v) is 12.3. The van der Waals surface area contributed by atoms with Gasteiger partial charge < -0.3 is 71.9 Å². The molecule has 0 bridgehead atoms. The molecule has 5 heteroatoms. The average Bonchev–Trinajstić information content (AvgIpc) is 0. The Kier molecular flexibility index (Phi) is 169. The van der Waals surface area contributed by atoms with Crippen molar-refractivity contribution in [2.24, 2.45) is 0 Å². The van der Waals surface area contributed by atoms with Gasteiger partial charge in [0.2, 0.25) is 0 Å². The van der Waals surface area contributed by atoms with Crippen molar-refractivity contribution in [2.75, 3.05) is 0 Å². The molecule has 0 spiro atoms. The van der Waals surface area contributed by atoms with Crippen LogP contribution in [0.2, 0.25) is 0 Å². The van der Waals surface area contributed by atoms with Gasteiger partial charge in [-0.3, -0.25) is 0 Å². The minimum atomic E-state index is 0. The fourth-order valence-electron chi connectivity index (χ4n) is 0. The molecule has 0 atom stereocenters. The molecule has 0 saturated heterocycles. The Morgan fingerprint density at radius 2 is 0.600 bits per heavy atom. The first kappa shape index (κ1) is 35.1. The van der Waals surface area contributed by atoms with Gasteiger partial charge in [-0.25, -0.2) is 0 Å². The van der Waals surface area contributed by atoms with E-state index in [1.165, 1.54) is 0 Å². The molecular formula is AgCaI3. The van der Waals surface area contributed by atoms with E-state index in [0.29, 0.717) is 0 Å². The van der Waals surface area contributed by atoms with Crippen LogP contribution in [0.3, 0.4) is 0 Å². The van der Waals surface area contributed by atoms with Crippen LogP contribution in [0.5, 0.6) is 0 Å². The van der Waals surface area contributed by atoms with E-state index in [1.807, 2.05) is 0 Å². The third-order valence-electron chi connectivity index (χ3n) is 0. The predicted octanol–water partition coefficient (Wildman–Crippen LogP) is -9.37. The number of hydrogen-bond acceptors (Lipinski definition) is 0. The van der Waals surface area contributed by atoms with Gasteiger partial charge >= 0.3 is 60.1 Å². The minimum Gasteiger partial charge on any atom is -1.00 e. The van der Waals surface area contributed by atoms with Crippen molar-refractivity contribution in [3.63, 3.8) is 0 Å². The van der Waals surface area contributed by atoms with Crippen LogP contribution < -0.4 is 71.9 Å². The van der Waals surface area contributed by atoms with Crippen molar-refractivity contribution >= 4 is 37.7 Å². The van der Waals surface area contributed by atoms with Crippen molar-refractivity contribution in [2.45, 2.75) is 0 Å². The Bertz CT molecular complexity index is 6.85. The number of halogens is 3.